The van der Waals surface area contributed by atoms with Gasteiger partial charge in [0.1, 0.15) is 11.5 Å². The summed E-state index contributed by atoms with van der Waals surface area (Å²) in [5.74, 6) is 0.400. The van der Waals surface area contributed by atoms with Crippen LogP contribution < -0.4 is 4.90 Å². The van der Waals surface area contributed by atoms with Gasteiger partial charge >= 0.3 is 0 Å². The van der Waals surface area contributed by atoms with Gasteiger partial charge in [0.2, 0.25) is 0 Å². The van der Waals surface area contributed by atoms with Gasteiger partial charge in [0.15, 0.2) is 0 Å². The zero-order valence-electron chi connectivity index (χ0n) is 14.4. The number of hydrogen-bond acceptors (Lipinski definition) is 2. The van der Waals surface area contributed by atoms with E-state index >= 15 is 0 Å². The lowest BCUT2D eigenvalue weighted by Crippen LogP contribution is -2.32. The molecule has 0 saturated heterocycles. The first-order valence-corrected chi connectivity index (χ1v) is 10.4. The minimum Gasteiger partial charge on any atom is -0.266 e. The zero-order valence-corrected chi connectivity index (χ0v) is 18.4. The van der Waals surface area contributed by atoms with Gasteiger partial charge < -0.3 is 0 Å². The predicted octanol–water partition coefficient (Wildman–Crippen LogP) is 6.70. The summed E-state index contributed by atoms with van der Waals surface area (Å²) >= 11 is 12.9. The van der Waals surface area contributed by atoms with Crippen molar-refractivity contribution in [1.82, 2.24) is 0 Å². The van der Waals surface area contributed by atoms with Gasteiger partial charge in [-0.1, -0.05) is 55.6 Å². The Bertz CT molecular complexity index is 1110. The molecule has 0 N–H and O–H groups in total. The van der Waals surface area contributed by atoms with E-state index in [9.17, 15) is 4.79 Å². The van der Waals surface area contributed by atoms with Crippen LogP contribution in [0.15, 0.2) is 92.4 Å². The summed E-state index contributed by atoms with van der Waals surface area (Å²) < 4.78 is 1.89. The van der Waals surface area contributed by atoms with Crippen LogP contribution in [-0.4, -0.2) is 11.7 Å². The first kappa shape index (κ1) is 19.1. The van der Waals surface area contributed by atoms with Crippen molar-refractivity contribution in [2.45, 2.75) is 0 Å². The standard InChI is InChI=1S/C22H13Br2ClN2O/c23-16-6-10-19(11-7-16)27-21(15-4-8-18(25)9-5-15)26-20(22(27)28)13-14-2-1-3-17(24)12-14/h1-13H/b20-13+. The minimum atomic E-state index is -0.174. The number of halogens is 3. The van der Waals surface area contributed by atoms with Crippen LogP contribution in [0.5, 0.6) is 0 Å². The summed E-state index contributed by atoms with van der Waals surface area (Å²) in [5, 5.41) is 0.633. The Balaban J connectivity index is 1.82. The van der Waals surface area contributed by atoms with E-state index in [1.165, 1.54) is 0 Å². The number of hydrogen-bond donors (Lipinski definition) is 0. The van der Waals surface area contributed by atoms with E-state index in [1.54, 1.807) is 23.1 Å². The van der Waals surface area contributed by atoms with Crippen LogP contribution in [0.2, 0.25) is 5.02 Å². The van der Waals surface area contributed by atoms with E-state index in [-0.39, 0.29) is 5.91 Å². The molecule has 0 radical (unpaired) electrons. The van der Waals surface area contributed by atoms with Gasteiger partial charge in [0, 0.05) is 19.5 Å². The van der Waals surface area contributed by atoms with Crippen molar-refractivity contribution in [3.8, 4) is 0 Å². The van der Waals surface area contributed by atoms with Gasteiger partial charge in [-0.2, -0.15) is 0 Å². The van der Waals surface area contributed by atoms with Gasteiger partial charge in [0.25, 0.3) is 5.91 Å². The molecule has 0 bridgehead atoms. The Morgan fingerprint density at radius 3 is 2.29 bits per heavy atom. The molecule has 3 aromatic rings. The second kappa shape index (κ2) is 8.03. The van der Waals surface area contributed by atoms with E-state index in [1.807, 2.05) is 60.7 Å². The van der Waals surface area contributed by atoms with Gasteiger partial charge in [-0.25, -0.2) is 4.99 Å². The average Bonchev–Trinajstić information content (AvgIpc) is 2.99. The van der Waals surface area contributed by atoms with Gasteiger partial charge in [-0.15, -0.1) is 0 Å². The first-order valence-electron chi connectivity index (χ1n) is 8.43. The maximum Gasteiger partial charge on any atom is 0.282 e. The average molecular weight is 517 g/mol. The Labute approximate surface area is 184 Å². The highest BCUT2D eigenvalue weighted by Crippen LogP contribution is 2.29. The quantitative estimate of drug-likeness (QED) is 0.357. The number of benzene rings is 3. The van der Waals surface area contributed by atoms with E-state index in [0.717, 1.165) is 25.8 Å². The third-order valence-electron chi connectivity index (χ3n) is 4.20. The maximum atomic E-state index is 13.2. The van der Waals surface area contributed by atoms with Crippen molar-refractivity contribution in [2.75, 3.05) is 4.90 Å². The van der Waals surface area contributed by atoms with Gasteiger partial charge in [-0.3, -0.25) is 9.69 Å². The molecule has 1 aliphatic heterocycles. The van der Waals surface area contributed by atoms with E-state index in [4.69, 9.17) is 11.6 Å². The van der Waals surface area contributed by atoms with E-state index in [2.05, 4.69) is 36.9 Å². The molecule has 0 unspecified atom stereocenters. The number of anilines is 1. The molecule has 1 amide bonds. The monoisotopic (exact) mass is 514 g/mol. The number of carbonyl (C=O) groups excluding carboxylic acids is 1. The van der Waals surface area contributed by atoms with Crippen LogP contribution >= 0.6 is 43.5 Å². The Kier molecular flexibility index (Phi) is 5.49. The highest BCUT2D eigenvalue weighted by Gasteiger charge is 2.32. The smallest absolute Gasteiger partial charge is 0.266 e. The molecular formula is C22H13Br2ClN2O. The molecule has 3 aromatic carbocycles. The van der Waals surface area contributed by atoms with Crippen LogP contribution in [0.4, 0.5) is 5.69 Å². The van der Waals surface area contributed by atoms with Crippen molar-refractivity contribution in [2.24, 2.45) is 4.99 Å². The topological polar surface area (TPSA) is 32.7 Å². The Morgan fingerprint density at radius 1 is 0.893 bits per heavy atom. The number of amides is 1. The first-order chi connectivity index (χ1) is 13.5. The maximum absolute atomic E-state index is 13.2. The second-order valence-electron chi connectivity index (χ2n) is 6.14. The predicted molar refractivity (Wildman–Crippen MR) is 122 cm³/mol. The van der Waals surface area contributed by atoms with E-state index < -0.39 is 0 Å². The largest absolute Gasteiger partial charge is 0.282 e. The molecular weight excluding hydrogens is 504 g/mol. The minimum absolute atomic E-state index is 0.174. The molecule has 0 aliphatic carbocycles. The van der Waals surface area contributed by atoms with Crippen LogP contribution in [0.3, 0.4) is 0 Å². The van der Waals surface area contributed by atoms with E-state index in [0.29, 0.717) is 16.6 Å². The fourth-order valence-electron chi connectivity index (χ4n) is 2.89. The Hall–Kier alpha value is -2.21. The lowest BCUT2D eigenvalue weighted by molar-refractivity contribution is -0.113. The lowest BCUT2D eigenvalue weighted by atomic mass is 10.1. The molecule has 1 aliphatic rings. The SMILES string of the molecule is O=C1/C(=C\c2cccc(Br)c2)N=C(c2ccc(Cl)cc2)N1c1ccc(Br)cc1. The van der Waals surface area contributed by atoms with Crippen molar-refractivity contribution in [1.29, 1.82) is 0 Å². The summed E-state index contributed by atoms with van der Waals surface area (Å²) in [7, 11) is 0. The lowest BCUT2D eigenvalue weighted by Gasteiger charge is -2.18. The summed E-state index contributed by atoms with van der Waals surface area (Å²) in [4.78, 5) is 19.5. The van der Waals surface area contributed by atoms with Crippen LogP contribution in [0, 0.1) is 0 Å². The molecule has 0 atom stereocenters. The van der Waals surface area contributed by atoms with Gasteiger partial charge in [-0.05, 0) is 72.3 Å². The normalized spacial score (nSPS) is 15.2. The van der Waals surface area contributed by atoms with Crippen LogP contribution in [0.1, 0.15) is 11.1 Å². The van der Waals surface area contributed by atoms with Crippen molar-refractivity contribution in [3.05, 3.63) is 104 Å². The summed E-state index contributed by atoms with van der Waals surface area (Å²) in [6.07, 6.45) is 1.79. The summed E-state index contributed by atoms with van der Waals surface area (Å²) in [6.45, 7) is 0. The fourth-order valence-corrected chi connectivity index (χ4v) is 3.70. The molecule has 6 heteroatoms. The number of aliphatic imine (C=N–C) groups is 1. The molecule has 28 heavy (non-hydrogen) atoms. The molecule has 1 heterocycles. The third-order valence-corrected chi connectivity index (χ3v) is 5.47. The molecule has 3 nitrogen and oxygen atoms in total. The number of carbonyl (C=O) groups is 1. The molecule has 0 saturated carbocycles. The zero-order chi connectivity index (χ0) is 19.7. The highest BCUT2D eigenvalue weighted by atomic mass is 79.9. The van der Waals surface area contributed by atoms with Crippen molar-refractivity contribution < 1.29 is 4.79 Å². The molecule has 0 aromatic heterocycles. The molecule has 0 spiro atoms. The molecule has 0 fully saturated rings. The van der Waals surface area contributed by atoms with Crippen molar-refractivity contribution in [3.63, 3.8) is 0 Å². The van der Waals surface area contributed by atoms with Crippen LogP contribution in [-0.2, 0) is 4.79 Å². The number of rotatable bonds is 3. The fraction of sp³-hybridized carbons (Fsp3) is 0. The summed E-state index contributed by atoms with van der Waals surface area (Å²) in [5.41, 5.74) is 2.85. The molecule has 138 valence electrons. The van der Waals surface area contributed by atoms with Crippen molar-refractivity contribution >= 4 is 67.0 Å². The highest BCUT2D eigenvalue weighted by molar-refractivity contribution is 9.10. The number of amidine groups is 1. The Morgan fingerprint density at radius 2 is 1.61 bits per heavy atom. The summed E-state index contributed by atoms with van der Waals surface area (Å²) in [6, 6.07) is 22.6. The van der Waals surface area contributed by atoms with Gasteiger partial charge in [0.05, 0.1) is 5.69 Å². The second-order valence-corrected chi connectivity index (χ2v) is 8.41. The van der Waals surface area contributed by atoms with Crippen LogP contribution in [0.25, 0.3) is 6.08 Å². The number of nitrogens with zero attached hydrogens (tertiary/aromatic N) is 2. The third kappa shape index (κ3) is 3.97. The molecule has 4 rings (SSSR count).